The van der Waals surface area contributed by atoms with E-state index in [1.54, 1.807) is 26.0 Å². The van der Waals surface area contributed by atoms with Crippen molar-refractivity contribution in [1.82, 2.24) is 5.32 Å². The van der Waals surface area contributed by atoms with Crippen molar-refractivity contribution >= 4 is 17.6 Å². The van der Waals surface area contributed by atoms with E-state index in [-0.39, 0.29) is 5.91 Å². The number of carbonyl (C=O) groups excluding carboxylic acids is 1. The van der Waals surface area contributed by atoms with E-state index in [0.29, 0.717) is 5.56 Å². The third kappa shape index (κ3) is 3.98. The molecule has 0 radical (unpaired) electrons. The number of nitrogens with zero attached hydrogens (tertiary/aromatic N) is 1. The molecule has 0 aromatic heterocycles. The Bertz CT molecular complexity index is 454. The molecule has 2 unspecified atom stereocenters. The molecule has 0 aliphatic rings. The summed E-state index contributed by atoms with van der Waals surface area (Å²) in [5.41, 5.74) is 1.53. The quantitative estimate of drug-likeness (QED) is 0.847. The number of carboxylic acid groups (broad SMARTS) is 1. The summed E-state index contributed by atoms with van der Waals surface area (Å²) >= 11 is 0. The first-order chi connectivity index (χ1) is 8.82. The van der Waals surface area contributed by atoms with Crippen molar-refractivity contribution in [2.24, 2.45) is 5.92 Å². The normalized spacial score (nSPS) is 13.5. The molecule has 2 atom stereocenters. The summed E-state index contributed by atoms with van der Waals surface area (Å²) in [5, 5.41) is 11.6. The van der Waals surface area contributed by atoms with Crippen LogP contribution in [0.5, 0.6) is 0 Å². The van der Waals surface area contributed by atoms with Crippen LogP contribution >= 0.6 is 0 Å². The van der Waals surface area contributed by atoms with E-state index in [2.05, 4.69) is 5.32 Å². The van der Waals surface area contributed by atoms with Crippen LogP contribution in [-0.4, -0.2) is 37.1 Å². The third-order valence-electron chi connectivity index (χ3n) is 3.14. The number of hydrogen-bond donors (Lipinski definition) is 2. The second-order valence-electron chi connectivity index (χ2n) is 4.83. The average molecular weight is 264 g/mol. The molecule has 0 aliphatic carbocycles. The van der Waals surface area contributed by atoms with Crippen LogP contribution in [0.25, 0.3) is 0 Å². The van der Waals surface area contributed by atoms with Gasteiger partial charge in [-0.1, -0.05) is 0 Å². The Morgan fingerprint density at radius 3 is 2.11 bits per heavy atom. The van der Waals surface area contributed by atoms with Gasteiger partial charge in [0.25, 0.3) is 5.91 Å². The highest BCUT2D eigenvalue weighted by atomic mass is 16.4. The minimum atomic E-state index is -0.921. The SMILES string of the molecule is CC(NC(=O)c1ccc(N(C)C)cc1)C(C)C(=O)O. The molecule has 104 valence electrons. The molecule has 0 heterocycles. The molecule has 5 nitrogen and oxygen atoms in total. The van der Waals surface area contributed by atoms with Crippen molar-refractivity contribution in [2.75, 3.05) is 19.0 Å². The number of anilines is 1. The lowest BCUT2D eigenvalue weighted by Crippen LogP contribution is -2.40. The van der Waals surface area contributed by atoms with Gasteiger partial charge in [0.05, 0.1) is 5.92 Å². The van der Waals surface area contributed by atoms with Crippen LogP contribution in [0.1, 0.15) is 24.2 Å². The zero-order valence-electron chi connectivity index (χ0n) is 11.7. The molecule has 0 saturated heterocycles. The number of benzene rings is 1. The Kier molecular flexibility index (Phi) is 4.92. The van der Waals surface area contributed by atoms with Crippen molar-refractivity contribution in [3.05, 3.63) is 29.8 Å². The van der Waals surface area contributed by atoms with Crippen LogP contribution in [0.3, 0.4) is 0 Å². The molecule has 5 heteroatoms. The Labute approximate surface area is 113 Å². The summed E-state index contributed by atoms with van der Waals surface area (Å²) in [6, 6.07) is 6.73. The predicted molar refractivity (Wildman–Crippen MR) is 74.5 cm³/mol. The highest BCUT2D eigenvalue weighted by Crippen LogP contribution is 2.12. The van der Waals surface area contributed by atoms with E-state index < -0.39 is 17.9 Å². The molecule has 19 heavy (non-hydrogen) atoms. The molecule has 0 bridgehead atoms. The molecule has 1 aromatic rings. The summed E-state index contributed by atoms with van der Waals surface area (Å²) < 4.78 is 0. The lowest BCUT2D eigenvalue weighted by molar-refractivity contribution is -0.141. The number of rotatable bonds is 5. The van der Waals surface area contributed by atoms with Gasteiger partial charge in [0.15, 0.2) is 0 Å². The Hall–Kier alpha value is -2.04. The van der Waals surface area contributed by atoms with Gasteiger partial charge in [-0.05, 0) is 38.1 Å². The van der Waals surface area contributed by atoms with E-state index in [4.69, 9.17) is 5.11 Å². The van der Waals surface area contributed by atoms with Gasteiger partial charge in [0.2, 0.25) is 0 Å². The van der Waals surface area contributed by atoms with Crippen LogP contribution in [0.2, 0.25) is 0 Å². The number of amides is 1. The fraction of sp³-hybridized carbons (Fsp3) is 0.429. The summed E-state index contributed by atoms with van der Waals surface area (Å²) in [6.07, 6.45) is 0. The summed E-state index contributed by atoms with van der Waals surface area (Å²) in [4.78, 5) is 24.7. The molecule has 1 amide bonds. The number of carboxylic acids is 1. The van der Waals surface area contributed by atoms with Crippen molar-refractivity contribution < 1.29 is 14.7 Å². The zero-order chi connectivity index (χ0) is 14.6. The van der Waals surface area contributed by atoms with E-state index in [9.17, 15) is 9.59 Å². The summed E-state index contributed by atoms with van der Waals surface area (Å²) in [5.74, 6) is -1.80. The van der Waals surface area contributed by atoms with Crippen molar-refractivity contribution in [2.45, 2.75) is 19.9 Å². The van der Waals surface area contributed by atoms with Crippen molar-refractivity contribution in [3.63, 3.8) is 0 Å². The minimum absolute atomic E-state index is 0.258. The maximum Gasteiger partial charge on any atom is 0.308 e. The first-order valence-corrected chi connectivity index (χ1v) is 6.14. The van der Waals surface area contributed by atoms with Crippen molar-refractivity contribution in [3.8, 4) is 0 Å². The predicted octanol–water partition coefficient (Wildman–Crippen LogP) is 1.59. The molecule has 0 spiro atoms. The lowest BCUT2D eigenvalue weighted by atomic mass is 10.0. The van der Waals surface area contributed by atoms with Gasteiger partial charge >= 0.3 is 5.97 Å². The number of hydrogen-bond acceptors (Lipinski definition) is 3. The second kappa shape index (κ2) is 6.22. The molecular weight excluding hydrogens is 244 g/mol. The number of nitrogens with one attached hydrogen (secondary N) is 1. The fourth-order valence-corrected chi connectivity index (χ4v) is 1.54. The highest BCUT2D eigenvalue weighted by Gasteiger charge is 2.21. The number of aliphatic carboxylic acids is 1. The van der Waals surface area contributed by atoms with E-state index >= 15 is 0 Å². The Balaban J connectivity index is 2.70. The molecule has 2 N–H and O–H groups in total. The van der Waals surface area contributed by atoms with Gasteiger partial charge in [0.1, 0.15) is 0 Å². The molecular formula is C14H20N2O3. The van der Waals surface area contributed by atoms with Gasteiger partial charge < -0.3 is 15.3 Å². The maximum absolute atomic E-state index is 11.9. The Morgan fingerprint density at radius 2 is 1.68 bits per heavy atom. The first-order valence-electron chi connectivity index (χ1n) is 6.14. The van der Waals surface area contributed by atoms with E-state index in [0.717, 1.165) is 5.69 Å². The second-order valence-corrected chi connectivity index (χ2v) is 4.83. The van der Waals surface area contributed by atoms with Gasteiger partial charge in [-0.15, -0.1) is 0 Å². The topological polar surface area (TPSA) is 69.6 Å². The average Bonchev–Trinajstić information content (AvgIpc) is 2.37. The molecule has 0 saturated carbocycles. The van der Waals surface area contributed by atoms with Crippen LogP contribution < -0.4 is 10.2 Å². The summed E-state index contributed by atoms with van der Waals surface area (Å²) in [7, 11) is 3.84. The maximum atomic E-state index is 11.9. The monoisotopic (exact) mass is 264 g/mol. The van der Waals surface area contributed by atoms with Gasteiger partial charge in [0, 0.05) is 31.4 Å². The van der Waals surface area contributed by atoms with Crippen LogP contribution in [0.4, 0.5) is 5.69 Å². The molecule has 0 fully saturated rings. The number of carbonyl (C=O) groups is 2. The van der Waals surface area contributed by atoms with Crippen molar-refractivity contribution in [1.29, 1.82) is 0 Å². The van der Waals surface area contributed by atoms with Gasteiger partial charge in [-0.3, -0.25) is 9.59 Å². The Morgan fingerprint density at radius 1 is 1.16 bits per heavy atom. The van der Waals surface area contributed by atoms with E-state index in [1.807, 2.05) is 31.1 Å². The molecule has 1 rings (SSSR count). The van der Waals surface area contributed by atoms with Crippen LogP contribution in [0, 0.1) is 5.92 Å². The van der Waals surface area contributed by atoms with Gasteiger partial charge in [-0.2, -0.15) is 0 Å². The lowest BCUT2D eigenvalue weighted by Gasteiger charge is -2.18. The first kappa shape index (κ1) is 15.0. The van der Waals surface area contributed by atoms with Gasteiger partial charge in [-0.25, -0.2) is 0 Å². The molecule has 1 aromatic carbocycles. The highest BCUT2D eigenvalue weighted by molar-refractivity contribution is 5.95. The third-order valence-corrected chi connectivity index (χ3v) is 3.14. The standard InChI is InChI=1S/C14H20N2O3/c1-9(14(18)19)10(2)15-13(17)11-5-7-12(8-6-11)16(3)4/h5-10H,1-4H3,(H,15,17)(H,18,19). The van der Waals surface area contributed by atoms with Crippen LogP contribution in [-0.2, 0) is 4.79 Å². The summed E-state index contributed by atoms with van der Waals surface area (Å²) in [6.45, 7) is 3.26. The van der Waals surface area contributed by atoms with Crippen LogP contribution in [0.15, 0.2) is 24.3 Å². The minimum Gasteiger partial charge on any atom is -0.481 e. The van der Waals surface area contributed by atoms with E-state index in [1.165, 1.54) is 0 Å². The smallest absolute Gasteiger partial charge is 0.308 e. The largest absolute Gasteiger partial charge is 0.481 e. The molecule has 0 aliphatic heterocycles. The fourth-order valence-electron chi connectivity index (χ4n) is 1.54. The zero-order valence-corrected chi connectivity index (χ0v) is 11.7.